The number of ether oxygens (including phenoxy) is 1. The molecule has 22 heavy (non-hydrogen) atoms. The fraction of sp³-hybridized carbons (Fsp3) is 0.562. The summed E-state index contributed by atoms with van der Waals surface area (Å²) in [4.78, 5) is 12.1. The predicted molar refractivity (Wildman–Crippen MR) is 88.6 cm³/mol. The van der Waals surface area contributed by atoms with Gasteiger partial charge in [0, 0.05) is 6.54 Å². The summed E-state index contributed by atoms with van der Waals surface area (Å²) in [7, 11) is 0. The molecular weight excluding hydrogens is 304 g/mol. The van der Waals surface area contributed by atoms with Gasteiger partial charge < -0.3 is 20.5 Å². The van der Waals surface area contributed by atoms with Crippen LogP contribution in [0.4, 0.5) is 0 Å². The van der Waals surface area contributed by atoms with Crippen LogP contribution in [0.2, 0.25) is 0 Å². The van der Waals surface area contributed by atoms with E-state index in [4.69, 9.17) is 4.74 Å². The Balaban J connectivity index is 0.00000242. The van der Waals surface area contributed by atoms with Gasteiger partial charge in [0.1, 0.15) is 18.5 Å². The van der Waals surface area contributed by atoms with E-state index in [2.05, 4.69) is 10.6 Å². The number of hydrogen-bond donors (Lipinski definition) is 3. The first kappa shape index (κ1) is 18.7. The number of amides is 1. The van der Waals surface area contributed by atoms with Crippen molar-refractivity contribution in [3.8, 4) is 5.75 Å². The minimum Gasteiger partial charge on any atom is -0.491 e. The highest BCUT2D eigenvalue weighted by Crippen LogP contribution is 2.18. The van der Waals surface area contributed by atoms with E-state index in [1.165, 1.54) is 0 Å². The van der Waals surface area contributed by atoms with Crippen LogP contribution < -0.4 is 15.4 Å². The number of carbonyl (C=O) groups is 1. The molecule has 0 aromatic heterocycles. The molecule has 2 rings (SSSR count). The second kappa shape index (κ2) is 8.36. The van der Waals surface area contributed by atoms with Gasteiger partial charge in [-0.2, -0.15) is 0 Å². The lowest BCUT2D eigenvalue weighted by atomic mass is 9.99. The average molecular weight is 329 g/mol. The van der Waals surface area contributed by atoms with Gasteiger partial charge in [-0.3, -0.25) is 4.79 Å². The zero-order valence-corrected chi connectivity index (χ0v) is 13.9. The summed E-state index contributed by atoms with van der Waals surface area (Å²) in [5, 5.41) is 15.9. The second-order valence-electron chi connectivity index (χ2n) is 5.85. The standard InChI is InChI=1S/C16H24N2O3.ClH/c1-12-5-3-6-14(9-12)21-11-13(19)10-17-15(20)16(2)7-4-8-18-16;/h3,5-6,9,13,18-19H,4,7-8,10-11H2,1-2H3,(H,17,20);1H. The molecule has 6 heteroatoms. The minimum absolute atomic E-state index is 0. The van der Waals surface area contributed by atoms with E-state index in [-0.39, 0.29) is 31.5 Å². The Morgan fingerprint density at radius 2 is 2.32 bits per heavy atom. The molecule has 1 amide bonds. The summed E-state index contributed by atoms with van der Waals surface area (Å²) in [6, 6.07) is 7.65. The number of aryl methyl sites for hydroxylation is 1. The van der Waals surface area contributed by atoms with Crippen LogP contribution in [0.3, 0.4) is 0 Å². The number of aliphatic hydroxyl groups excluding tert-OH is 1. The lowest BCUT2D eigenvalue weighted by Crippen LogP contribution is -2.52. The second-order valence-corrected chi connectivity index (χ2v) is 5.85. The molecule has 1 saturated heterocycles. The zero-order valence-electron chi connectivity index (χ0n) is 13.1. The molecule has 0 saturated carbocycles. The maximum atomic E-state index is 12.1. The third-order valence-corrected chi connectivity index (χ3v) is 3.80. The minimum atomic E-state index is -0.723. The zero-order chi connectivity index (χ0) is 15.3. The summed E-state index contributed by atoms with van der Waals surface area (Å²) in [5.74, 6) is 0.666. The molecule has 124 valence electrons. The summed E-state index contributed by atoms with van der Waals surface area (Å²) in [6.07, 6.45) is 1.11. The van der Waals surface area contributed by atoms with Gasteiger partial charge in [-0.05, 0) is 50.9 Å². The number of rotatable bonds is 6. The van der Waals surface area contributed by atoms with Gasteiger partial charge in [0.25, 0.3) is 0 Å². The van der Waals surface area contributed by atoms with Crippen molar-refractivity contribution in [3.63, 3.8) is 0 Å². The summed E-state index contributed by atoms with van der Waals surface area (Å²) < 4.78 is 5.51. The lowest BCUT2D eigenvalue weighted by molar-refractivity contribution is -0.127. The first-order valence-electron chi connectivity index (χ1n) is 7.40. The molecule has 1 aromatic carbocycles. The maximum absolute atomic E-state index is 12.1. The van der Waals surface area contributed by atoms with Crippen LogP contribution >= 0.6 is 12.4 Å². The highest BCUT2D eigenvalue weighted by atomic mass is 35.5. The fourth-order valence-electron chi connectivity index (χ4n) is 2.45. The number of benzene rings is 1. The molecule has 1 aromatic rings. The Labute approximate surface area is 137 Å². The molecule has 0 spiro atoms. The number of carbonyl (C=O) groups excluding carboxylic acids is 1. The smallest absolute Gasteiger partial charge is 0.240 e. The van der Waals surface area contributed by atoms with E-state index in [1.54, 1.807) is 0 Å². The molecule has 5 nitrogen and oxygen atoms in total. The molecule has 1 aliphatic rings. The Hall–Kier alpha value is -1.30. The molecule has 1 aliphatic heterocycles. The maximum Gasteiger partial charge on any atom is 0.240 e. The Bertz CT molecular complexity index is 490. The summed E-state index contributed by atoms with van der Waals surface area (Å²) in [5.41, 5.74) is 0.604. The molecule has 0 bridgehead atoms. The highest BCUT2D eigenvalue weighted by Gasteiger charge is 2.35. The van der Waals surface area contributed by atoms with Crippen molar-refractivity contribution < 1.29 is 14.6 Å². The Morgan fingerprint density at radius 1 is 1.55 bits per heavy atom. The van der Waals surface area contributed by atoms with Crippen molar-refractivity contribution in [2.75, 3.05) is 19.7 Å². The molecule has 0 aliphatic carbocycles. The normalized spacial score (nSPS) is 21.8. The SMILES string of the molecule is Cc1cccc(OCC(O)CNC(=O)C2(C)CCCN2)c1.Cl. The molecule has 2 atom stereocenters. The van der Waals surface area contributed by atoms with Crippen molar-refractivity contribution in [2.45, 2.75) is 38.3 Å². The summed E-state index contributed by atoms with van der Waals surface area (Å²) in [6.45, 7) is 5.10. The van der Waals surface area contributed by atoms with Crippen LogP contribution in [0, 0.1) is 6.92 Å². The topological polar surface area (TPSA) is 70.6 Å². The molecule has 1 fully saturated rings. The van der Waals surface area contributed by atoms with Crippen molar-refractivity contribution in [1.29, 1.82) is 0 Å². The number of hydrogen-bond acceptors (Lipinski definition) is 4. The molecule has 0 radical (unpaired) electrons. The molecule has 1 heterocycles. The van der Waals surface area contributed by atoms with E-state index >= 15 is 0 Å². The van der Waals surface area contributed by atoms with Crippen LogP contribution in [0.25, 0.3) is 0 Å². The van der Waals surface area contributed by atoms with Gasteiger partial charge >= 0.3 is 0 Å². The van der Waals surface area contributed by atoms with Crippen molar-refractivity contribution in [2.24, 2.45) is 0 Å². The van der Waals surface area contributed by atoms with Crippen LogP contribution in [-0.4, -0.2) is 42.4 Å². The quantitative estimate of drug-likeness (QED) is 0.738. The van der Waals surface area contributed by atoms with E-state index in [0.29, 0.717) is 0 Å². The van der Waals surface area contributed by atoms with Crippen molar-refractivity contribution >= 4 is 18.3 Å². The first-order valence-corrected chi connectivity index (χ1v) is 7.40. The van der Waals surface area contributed by atoms with Crippen LogP contribution in [0.15, 0.2) is 24.3 Å². The lowest BCUT2D eigenvalue weighted by Gasteiger charge is -2.24. The molecule has 2 unspecified atom stereocenters. The van der Waals surface area contributed by atoms with Gasteiger partial charge in [-0.15, -0.1) is 12.4 Å². The first-order chi connectivity index (χ1) is 9.99. The van der Waals surface area contributed by atoms with Crippen LogP contribution in [-0.2, 0) is 4.79 Å². The van der Waals surface area contributed by atoms with E-state index in [9.17, 15) is 9.90 Å². The fourth-order valence-corrected chi connectivity index (χ4v) is 2.45. The van der Waals surface area contributed by atoms with Gasteiger partial charge in [0.05, 0.1) is 5.54 Å². The van der Waals surface area contributed by atoms with Gasteiger partial charge in [-0.1, -0.05) is 12.1 Å². The monoisotopic (exact) mass is 328 g/mol. The third-order valence-electron chi connectivity index (χ3n) is 3.80. The molecule has 3 N–H and O–H groups in total. The third kappa shape index (κ3) is 5.16. The highest BCUT2D eigenvalue weighted by molar-refractivity contribution is 5.86. The Kier molecular flexibility index (Phi) is 7.13. The van der Waals surface area contributed by atoms with Crippen molar-refractivity contribution in [1.82, 2.24) is 10.6 Å². The van der Waals surface area contributed by atoms with Gasteiger partial charge in [0.2, 0.25) is 5.91 Å². The van der Waals surface area contributed by atoms with Crippen molar-refractivity contribution in [3.05, 3.63) is 29.8 Å². The number of halogens is 1. The molecular formula is C16H25ClN2O3. The van der Waals surface area contributed by atoms with Crippen LogP contribution in [0.5, 0.6) is 5.75 Å². The number of nitrogens with one attached hydrogen (secondary N) is 2. The Morgan fingerprint density at radius 3 is 2.95 bits per heavy atom. The summed E-state index contributed by atoms with van der Waals surface area (Å²) >= 11 is 0. The van der Waals surface area contributed by atoms with E-state index < -0.39 is 11.6 Å². The predicted octanol–water partition coefficient (Wildman–Crippen LogP) is 1.41. The van der Waals surface area contributed by atoms with Gasteiger partial charge in [-0.25, -0.2) is 0 Å². The van der Waals surface area contributed by atoms with E-state index in [0.717, 1.165) is 30.7 Å². The van der Waals surface area contributed by atoms with E-state index in [1.807, 2.05) is 38.1 Å². The van der Waals surface area contributed by atoms with Gasteiger partial charge in [0.15, 0.2) is 0 Å². The largest absolute Gasteiger partial charge is 0.491 e. The average Bonchev–Trinajstić information content (AvgIpc) is 2.91. The number of aliphatic hydroxyl groups is 1. The van der Waals surface area contributed by atoms with Crippen LogP contribution in [0.1, 0.15) is 25.3 Å².